The van der Waals surface area contributed by atoms with Crippen molar-refractivity contribution in [2.24, 2.45) is 0 Å². The second kappa shape index (κ2) is 9.69. The summed E-state index contributed by atoms with van der Waals surface area (Å²) >= 11 is 0. The maximum Gasteiger partial charge on any atom is 0.412 e. The van der Waals surface area contributed by atoms with Gasteiger partial charge in [-0.1, -0.05) is 48.5 Å². The van der Waals surface area contributed by atoms with Crippen molar-refractivity contribution in [3.8, 4) is 11.1 Å². The fraction of sp³-hybridized carbons (Fsp3) is 0.217. The van der Waals surface area contributed by atoms with Gasteiger partial charge in [-0.2, -0.15) is 5.10 Å². The zero-order valence-corrected chi connectivity index (χ0v) is 17.6. The Morgan fingerprint density at radius 3 is 2.26 bits per heavy atom. The number of carboxylic acid groups (broad SMARTS) is 1. The SMILES string of the molecule is O=C(Nc1cc(C(=O)NC(CC(F)F)C(=O)O)[nH]n1)OCC1c2ccccc2-c2ccccc21. The third-order valence-electron chi connectivity index (χ3n) is 5.41. The van der Waals surface area contributed by atoms with E-state index in [0.29, 0.717) is 0 Å². The Bertz CT molecular complexity index is 1180. The lowest BCUT2D eigenvalue weighted by Crippen LogP contribution is -2.42. The van der Waals surface area contributed by atoms with Crippen LogP contribution in [0.1, 0.15) is 34.0 Å². The summed E-state index contributed by atoms with van der Waals surface area (Å²) in [6, 6.07) is 15.1. The molecular formula is C23H20F2N4O5. The topological polar surface area (TPSA) is 133 Å². The summed E-state index contributed by atoms with van der Waals surface area (Å²) in [7, 11) is 0. The van der Waals surface area contributed by atoms with Gasteiger partial charge >= 0.3 is 12.1 Å². The van der Waals surface area contributed by atoms with Gasteiger partial charge in [0, 0.05) is 18.4 Å². The predicted molar refractivity (Wildman–Crippen MR) is 117 cm³/mol. The molecule has 4 rings (SSSR count). The number of nitrogens with zero attached hydrogens (tertiary/aromatic N) is 1. The summed E-state index contributed by atoms with van der Waals surface area (Å²) in [5, 5.41) is 19.4. The van der Waals surface area contributed by atoms with E-state index in [2.05, 4.69) is 15.5 Å². The number of aromatic nitrogens is 2. The number of amides is 2. The minimum atomic E-state index is -2.91. The molecule has 0 saturated heterocycles. The van der Waals surface area contributed by atoms with E-state index in [0.717, 1.165) is 28.3 Å². The molecule has 1 aromatic heterocycles. The number of anilines is 1. The van der Waals surface area contributed by atoms with Gasteiger partial charge in [-0.25, -0.2) is 18.4 Å². The number of aromatic amines is 1. The van der Waals surface area contributed by atoms with Crippen LogP contribution in [0.25, 0.3) is 11.1 Å². The fourth-order valence-electron chi connectivity index (χ4n) is 3.88. The number of fused-ring (bicyclic) bond motifs is 3. The minimum Gasteiger partial charge on any atom is -0.480 e. The highest BCUT2D eigenvalue weighted by atomic mass is 19.3. The molecule has 4 N–H and O–H groups in total. The lowest BCUT2D eigenvalue weighted by atomic mass is 9.98. The number of alkyl halides is 2. The zero-order chi connectivity index (χ0) is 24.2. The number of ether oxygens (including phenoxy) is 1. The van der Waals surface area contributed by atoms with Gasteiger partial charge in [-0.05, 0) is 22.3 Å². The van der Waals surface area contributed by atoms with Crippen LogP contribution in [0.2, 0.25) is 0 Å². The van der Waals surface area contributed by atoms with Crippen LogP contribution in [0.4, 0.5) is 19.4 Å². The van der Waals surface area contributed by atoms with E-state index in [9.17, 15) is 23.2 Å². The van der Waals surface area contributed by atoms with E-state index >= 15 is 0 Å². The maximum absolute atomic E-state index is 12.5. The van der Waals surface area contributed by atoms with Crippen molar-refractivity contribution in [1.82, 2.24) is 15.5 Å². The summed E-state index contributed by atoms with van der Waals surface area (Å²) in [4.78, 5) is 35.5. The molecule has 0 radical (unpaired) electrons. The van der Waals surface area contributed by atoms with Crippen molar-refractivity contribution in [2.75, 3.05) is 11.9 Å². The average molecular weight is 470 g/mol. The maximum atomic E-state index is 12.5. The molecule has 2 aromatic carbocycles. The molecule has 176 valence electrons. The Labute approximate surface area is 192 Å². The van der Waals surface area contributed by atoms with Crippen LogP contribution in [0.15, 0.2) is 54.6 Å². The second-order valence-electron chi connectivity index (χ2n) is 7.61. The van der Waals surface area contributed by atoms with Gasteiger partial charge in [0.2, 0.25) is 6.43 Å². The van der Waals surface area contributed by atoms with Crippen LogP contribution in [0.3, 0.4) is 0 Å². The van der Waals surface area contributed by atoms with Crippen LogP contribution in [0.5, 0.6) is 0 Å². The summed E-state index contributed by atoms with van der Waals surface area (Å²) in [5.41, 5.74) is 4.05. The van der Waals surface area contributed by atoms with E-state index in [1.807, 2.05) is 53.8 Å². The quantitative estimate of drug-likeness (QED) is 0.398. The van der Waals surface area contributed by atoms with Gasteiger partial charge in [0.1, 0.15) is 18.3 Å². The average Bonchev–Trinajstić information content (AvgIpc) is 3.39. The van der Waals surface area contributed by atoms with Crippen LogP contribution in [0, 0.1) is 0 Å². The van der Waals surface area contributed by atoms with E-state index in [1.54, 1.807) is 0 Å². The predicted octanol–water partition coefficient (Wildman–Crippen LogP) is 3.61. The Balaban J connectivity index is 1.36. The number of hydrogen-bond acceptors (Lipinski definition) is 5. The molecule has 9 nitrogen and oxygen atoms in total. The van der Waals surface area contributed by atoms with E-state index < -0.39 is 36.9 Å². The summed E-state index contributed by atoms with van der Waals surface area (Å²) in [6.45, 7) is 0.0749. The molecule has 0 spiro atoms. The molecule has 1 unspecified atom stereocenters. The van der Waals surface area contributed by atoms with Gasteiger partial charge in [0.25, 0.3) is 5.91 Å². The molecule has 1 heterocycles. The number of aliphatic carboxylic acids is 1. The van der Waals surface area contributed by atoms with E-state index in [-0.39, 0.29) is 24.0 Å². The zero-order valence-electron chi connectivity index (χ0n) is 17.6. The highest BCUT2D eigenvalue weighted by Crippen LogP contribution is 2.44. The van der Waals surface area contributed by atoms with Crippen LogP contribution in [-0.2, 0) is 9.53 Å². The molecule has 11 heteroatoms. The lowest BCUT2D eigenvalue weighted by molar-refractivity contribution is -0.140. The molecule has 0 fully saturated rings. The van der Waals surface area contributed by atoms with Crippen molar-refractivity contribution in [3.63, 3.8) is 0 Å². The first-order valence-electron chi connectivity index (χ1n) is 10.3. The van der Waals surface area contributed by atoms with Gasteiger partial charge in [-0.15, -0.1) is 0 Å². The summed E-state index contributed by atoms with van der Waals surface area (Å²) in [6.07, 6.45) is -4.75. The standard InChI is InChI=1S/C23H20F2N4O5/c24-19(25)9-18(22(31)32)26-21(30)17-10-20(29-28-17)27-23(33)34-11-16-14-7-3-1-5-12(14)13-6-2-4-8-15(13)16/h1-8,10,16,18-19H,9,11H2,(H,26,30)(H,31,32)(H2,27,28,29,33). The summed E-state index contributed by atoms with van der Waals surface area (Å²) < 4.78 is 30.4. The highest BCUT2D eigenvalue weighted by Gasteiger charge is 2.29. The van der Waals surface area contributed by atoms with E-state index in [4.69, 9.17) is 9.84 Å². The van der Waals surface area contributed by atoms with Gasteiger partial charge < -0.3 is 15.2 Å². The third-order valence-corrected chi connectivity index (χ3v) is 5.41. The fourth-order valence-corrected chi connectivity index (χ4v) is 3.88. The molecule has 1 aliphatic carbocycles. The smallest absolute Gasteiger partial charge is 0.412 e. The Hall–Kier alpha value is -4.28. The number of rotatable bonds is 8. The number of carbonyl (C=O) groups excluding carboxylic acids is 2. The van der Waals surface area contributed by atoms with Gasteiger partial charge in [0.15, 0.2) is 5.82 Å². The number of carboxylic acids is 1. The number of carbonyl (C=O) groups is 3. The van der Waals surface area contributed by atoms with Crippen molar-refractivity contribution in [3.05, 3.63) is 71.4 Å². The second-order valence-corrected chi connectivity index (χ2v) is 7.61. The van der Waals surface area contributed by atoms with E-state index in [1.165, 1.54) is 0 Å². The van der Waals surface area contributed by atoms with Crippen LogP contribution in [-0.4, -0.2) is 52.3 Å². The van der Waals surface area contributed by atoms with Gasteiger partial charge in [-0.3, -0.25) is 15.2 Å². The largest absolute Gasteiger partial charge is 0.480 e. The first-order chi connectivity index (χ1) is 16.3. The Morgan fingerprint density at radius 1 is 1.06 bits per heavy atom. The number of H-pyrrole nitrogens is 1. The molecule has 3 aromatic rings. The molecule has 1 aliphatic rings. The number of hydrogen-bond donors (Lipinski definition) is 4. The number of benzene rings is 2. The highest BCUT2D eigenvalue weighted by molar-refractivity contribution is 5.96. The molecule has 1 atom stereocenters. The van der Waals surface area contributed by atoms with Gasteiger partial charge in [0.05, 0.1) is 0 Å². The molecular weight excluding hydrogens is 450 g/mol. The first kappa shape index (κ1) is 22.9. The number of nitrogens with one attached hydrogen (secondary N) is 3. The van der Waals surface area contributed by atoms with Crippen LogP contribution >= 0.6 is 0 Å². The van der Waals surface area contributed by atoms with Crippen molar-refractivity contribution in [1.29, 1.82) is 0 Å². The molecule has 0 saturated carbocycles. The van der Waals surface area contributed by atoms with Crippen molar-refractivity contribution < 1.29 is 33.0 Å². The summed E-state index contributed by atoms with van der Waals surface area (Å²) in [5.74, 6) is -2.74. The first-order valence-corrected chi connectivity index (χ1v) is 10.3. The Kier molecular flexibility index (Phi) is 6.53. The molecule has 0 bridgehead atoms. The molecule has 2 amide bonds. The monoisotopic (exact) mass is 470 g/mol. The van der Waals surface area contributed by atoms with Crippen molar-refractivity contribution in [2.45, 2.75) is 24.8 Å². The third kappa shape index (κ3) is 4.87. The normalized spacial score (nSPS) is 13.1. The molecule has 34 heavy (non-hydrogen) atoms. The molecule has 0 aliphatic heterocycles. The van der Waals surface area contributed by atoms with Crippen LogP contribution < -0.4 is 10.6 Å². The van der Waals surface area contributed by atoms with Crippen molar-refractivity contribution >= 4 is 23.8 Å². The lowest BCUT2D eigenvalue weighted by Gasteiger charge is -2.14. The Morgan fingerprint density at radius 2 is 1.68 bits per heavy atom. The minimum absolute atomic E-state index is 0.0527. The number of halogens is 2.